The fourth-order valence-electron chi connectivity index (χ4n) is 1.78. The summed E-state index contributed by atoms with van der Waals surface area (Å²) in [4.78, 5) is 0. The Morgan fingerprint density at radius 1 is 1.21 bits per heavy atom. The number of nitrogens with one attached hydrogen (secondary N) is 1. The lowest BCUT2D eigenvalue weighted by Gasteiger charge is -2.12. The molecule has 0 unspecified atom stereocenters. The van der Waals surface area contributed by atoms with Crippen LogP contribution in [0.1, 0.15) is 24.8 Å². The Kier molecular flexibility index (Phi) is 6.13. The van der Waals surface area contributed by atoms with Crippen LogP contribution < -0.4 is 10.1 Å². The van der Waals surface area contributed by atoms with Crippen LogP contribution in [0.4, 0.5) is 0 Å². The summed E-state index contributed by atoms with van der Waals surface area (Å²) in [5, 5.41) is 3.51. The molecular weight excluding hydrogens is 374 g/mol. The van der Waals surface area contributed by atoms with Gasteiger partial charge in [-0.1, -0.05) is 0 Å². The predicted octanol–water partition coefficient (Wildman–Crippen LogP) is 3.88. The van der Waals surface area contributed by atoms with Gasteiger partial charge in [-0.15, -0.1) is 0 Å². The second-order valence-corrected chi connectivity index (χ2v) is 6.45. The molecule has 5 heteroatoms. The molecule has 1 N–H and O–H groups in total. The molecule has 1 fully saturated rings. The van der Waals surface area contributed by atoms with Gasteiger partial charge >= 0.3 is 0 Å². The molecule has 0 heterocycles. The quantitative estimate of drug-likeness (QED) is 0.681. The number of halogens is 2. The zero-order valence-corrected chi connectivity index (χ0v) is 14.2. The third kappa shape index (κ3) is 5.06. The maximum atomic E-state index is 5.77. The van der Waals surface area contributed by atoms with Crippen LogP contribution in [-0.4, -0.2) is 26.4 Å². The van der Waals surface area contributed by atoms with Gasteiger partial charge in [0.05, 0.1) is 15.6 Å². The summed E-state index contributed by atoms with van der Waals surface area (Å²) in [7, 11) is 1.70. The number of hydrogen-bond acceptors (Lipinski definition) is 3. The summed E-state index contributed by atoms with van der Waals surface area (Å²) in [5.41, 5.74) is 1.26. The van der Waals surface area contributed by atoms with Crippen molar-refractivity contribution in [1.29, 1.82) is 0 Å². The van der Waals surface area contributed by atoms with Gasteiger partial charge < -0.3 is 14.8 Å². The summed E-state index contributed by atoms with van der Waals surface area (Å²) >= 11 is 7.15. The molecule has 3 nitrogen and oxygen atoms in total. The van der Waals surface area contributed by atoms with Crippen LogP contribution in [0.15, 0.2) is 21.1 Å². The normalized spacial score (nSPS) is 14.7. The van der Waals surface area contributed by atoms with Crippen LogP contribution in [0.5, 0.6) is 5.75 Å². The molecule has 0 amide bonds. The molecule has 0 aromatic heterocycles. The van der Waals surface area contributed by atoms with Gasteiger partial charge in [0.15, 0.2) is 0 Å². The van der Waals surface area contributed by atoms with Crippen molar-refractivity contribution in [3.8, 4) is 5.75 Å². The minimum atomic E-state index is 0.657. The van der Waals surface area contributed by atoms with Gasteiger partial charge in [-0.05, 0) is 62.4 Å². The highest BCUT2D eigenvalue weighted by Gasteiger charge is 2.20. The smallest absolute Gasteiger partial charge is 0.147 e. The number of rotatable bonds is 8. The molecule has 1 aliphatic carbocycles. The van der Waals surface area contributed by atoms with Crippen LogP contribution in [0.3, 0.4) is 0 Å². The van der Waals surface area contributed by atoms with Crippen molar-refractivity contribution in [2.75, 3.05) is 20.3 Å². The van der Waals surface area contributed by atoms with Gasteiger partial charge in [-0.25, -0.2) is 0 Å². The summed E-state index contributed by atoms with van der Waals surface area (Å²) in [5.74, 6) is 0.867. The first-order valence-electron chi connectivity index (χ1n) is 6.53. The average molecular weight is 393 g/mol. The molecule has 0 bridgehead atoms. The van der Waals surface area contributed by atoms with E-state index in [1.807, 2.05) is 0 Å². The Labute approximate surface area is 131 Å². The molecule has 1 aromatic carbocycles. The fourth-order valence-corrected chi connectivity index (χ4v) is 3.29. The second-order valence-electron chi connectivity index (χ2n) is 4.74. The first-order chi connectivity index (χ1) is 9.20. The van der Waals surface area contributed by atoms with Crippen LogP contribution in [0.2, 0.25) is 0 Å². The summed E-state index contributed by atoms with van der Waals surface area (Å²) < 4.78 is 12.8. The Hall–Kier alpha value is -0.100. The highest BCUT2D eigenvalue weighted by Crippen LogP contribution is 2.35. The molecule has 1 aliphatic rings. The number of hydrogen-bond donors (Lipinski definition) is 1. The zero-order valence-electron chi connectivity index (χ0n) is 11.0. The SMILES string of the molecule is COCCCOc1c(Br)cc(CNC2CC2)cc1Br. The summed E-state index contributed by atoms with van der Waals surface area (Å²) in [6.45, 7) is 2.29. The standard InChI is InChI=1S/C14H19Br2NO2/c1-18-5-2-6-19-14-12(15)7-10(8-13(14)16)9-17-11-3-4-11/h7-8,11,17H,2-6,9H2,1H3. The summed E-state index contributed by atoms with van der Waals surface area (Å²) in [6, 6.07) is 4.96. The topological polar surface area (TPSA) is 30.5 Å². The first-order valence-corrected chi connectivity index (χ1v) is 8.12. The summed E-state index contributed by atoms with van der Waals surface area (Å²) in [6.07, 6.45) is 3.51. The van der Waals surface area contributed by atoms with E-state index in [0.717, 1.165) is 40.3 Å². The van der Waals surface area contributed by atoms with Gasteiger partial charge in [0.1, 0.15) is 5.75 Å². The van der Waals surface area contributed by atoms with Crippen molar-refractivity contribution < 1.29 is 9.47 Å². The molecule has 0 spiro atoms. The van der Waals surface area contributed by atoms with E-state index in [9.17, 15) is 0 Å². The van der Waals surface area contributed by atoms with E-state index < -0.39 is 0 Å². The van der Waals surface area contributed by atoms with E-state index in [2.05, 4.69) is 49.3 Å². The average Bonchev–Trinajstić information content (AvgIpc) is 3.18. The Morgan fingerprint density at radius 2 is 1.89 bits per heavy atom. The minimum Gasteiger partial charge on any atom is -0.491 e. The van der Waals surface area contributed by atoms with Crippen molar-refractivity contribution >= 4 is 31.9 Å². The molecule has 0 saturated heterocycles. The van der Waals surface area contributed by atoms with Crippen LogP contribution in [-0.2, 0) is 11.3 Å². The molecule has 2 rings (SSSR count). The van der Waals surface area contributed by atoms with Crippen LogP contribution in [0, 0.1) is 0 Å². The lowest BCUT2D eigenvalue weighted by atomic mass is 10.2. The van der Waals surface area contributed by atoms with Gasteiger partial charge in [0.25, 0.3) is 0 Å². The fraction of sp³-hybridized carbons (Fsp3) is 0.571. The van der Waals surface area contributed by atoms with E-state index in [-0.39, 0.29) is 0 Å². The maximum Gasteiger partial charge on any atom is 0.147 e. The van der Waals surface area contributed by atoms with Gasteiger partial charge in [-0.2, -0.15) is 0 Å². The van der Waals surface area contributed by atoms with Crippen molar-refractivity contribution in [2.45, 2.75) is 31.8 Å². The van der Waals surface area contributed by atoms with Gasteiger partial charge in [0.2, 0.25) is 0 Å². The van der Waals surface area contributed by atoms with E-state index in [1.54, 1.807) is 7.11 Å². The van der Waals surface area contributed by atoms with E-state index >= 15 is 0 Å². The molecule has 1 saturated carbocycles. The molecule has 0 atom stereocenters. The molecule has 1 aromatic rings. The van der Waals surface area contributed by atoms with Gasteiger partial charge in [-0.3, -0.25) is 0 Å². The number of benzene rings is 1. The largest absolute Gasteiger partial charge is 0.491 e. The highest BCUT2D eigenvalue weighted by atomic mass is 79.9. The lowest BCUT2D eigenvalue weighted by Crippen LogP contribution is -2.15. The van der Waals surface area contributed by atoms with E-state index in [4.69, 9.17) is 9.47 Å². The van der Waals surface area contributed by atoms with E-state index in [0.29, 0.717) is 6.61 Å². The van der Waals surface area contributed by atoms with Crippen molar-refractivity contribution in [1.82, 2.24) is 5.32 Å². The molecule has 0 aliphatic heterocycles. The zero-order chi connectivity index (χ0) is 13.7. The Bertz CT molecular complexity index is 399. The molecule has 19 heavy (non-hydrogen) atoms. The molecular formula is C14H19Br2NO2. The first kappa shape index (κ1) is 15.3. The van der Waals surface area contributed by atoms with Crippen molar-refractivity contribution in [3.63, 3.8) is 0 Å². The number of ether oxygens (including phenoxy) is 2. The molecule has 106 valence electrons. The lowest BCUT2D eigenvalue weighted by molar-refractivity contribution is 0.171. The third-order valence-electron chi connectivity index (χ3n) is 2.97. The number of methoxy groups -OCH3 is 1. The van der Waals surface area contributed by atoms with Gasteiger partial charge in [0, 0.05) is 32.7 Å². The Morgan fingerprint density at radius 3 is 2.47 bits per heavy atom. The van der Waals surface area contributed by atoms with Crippen molar-refractivity contribution in [3.05, 3.63) is 26.6 Å². The van der Waals surface area contributed by atoms with Crippen LogP contribution >= 0.6 is 31.9 Å². The van der Waals surface area contributed by atoms with E-state index in [1.165, 1.54) is 18.4 Å². The van der Waals surface area contributed by atoms with Crippen LogP contribution in [0.25, 0.3) is 0 Å². The third-order valence-corrected chi connectivity index (χ3v) is 4.15. The monoisotopic (exact) mass is 391 g/mol. The molecule has 0 radical (unpaired) electrons. The second kappa shape index (κ2) is 7.62. The van der Waals surface area contributed by atoms with Crippen molar-refractivity contribution in [2.24, 2.45) is 0 Å². The maximum absolute atomic E-state index is 5.77. The minimum absolute atomic E-state index is 0.657. The predicted molar refractivity (Wildman–Crippen MR) is 83.7 cm³/mol. The highest BCUT2D eigenvalue weighted by molar-refractivity contribution is 9.11. The Balaban J connectivity index is 1.91.